The molecule has 3 heteroatoms. The maximum Gasteiger partial charge on any atom is 0.105 e. The third-order valence-corrected chi connectivity index (χ3v) is 2.97. The summed E-state index contributed by atoms with van der Waals surface area (Å²) in [4.78, 5) is 2.45. The van der Waals surface area contributed by atoms with Gasteiger partial charge in [0.1, 0.15) is 6.23 Å². The van der Waals surface area contributed by atoms with E-state index in [1.807, 2.05) is 0 Å². The Morgan fingerprint density at radius 3 is 2.08 bits per heavy atom. The number of hydrogen-bond acceptors (Lipinski definition) is 3. The Morgan fingerprint density at radius 1 is 1.31 bits per heavy atom. The summed E-state index contributed by atoms with van der Waals surface area (Å²) in [6.07, 6.45) is 1.42. The smallest absolute Gasteiger partial charge is 0.105 e. The molecular weight excluding hydrogens is 164 g/mol. The van der Waals surface area contributed by atoms with Gasteiger partial charge in [0, 0.05) is 11.5 Å². The molecule has 1 unspecified atom stereocenters. The topological polar surface area (TPSA) is 49.5 Å². The van der Waals surface area contributed by atoms with Crippen LogP contribution in [-0.2, 0) is 0 Å². The van der Waals surface area contributed by atoms with Gasteiger partial charge in [0.15, 0.2) is 0 Å². The molecule has 13 heavy (non-hydrogen) atoms. The van der Waals surface area contributed by atoms with Crippen molar-refractivity contribution in [3.63, 3.8) is 0 Å². The highest BCUT2D eigenvalue weighted by molar-refractivity contribution is 4.82. The third kappa shape index (κ3) is 2.93. The molecule has 3 nitrogen and oxygen atoms in total. The van der Waals surface area contributed by atoms with Crippen molar-refractivity contribution in [2.75, 3.05) is 13.1 Å². The molecule has 1 fully saturated rings. The number of hydrogen-bond donors (Lipinski definition) is 2. The van der Waals surface area contributed by atoms with E-state index < -0.39 is 6.23 Å². The van der Waals surface area contributed by atoms with Gasteiger partial charge in [-0.05, 0) is 46.7 Å². The minimum atomic E-state index is -0.623. The maximum absolute atomic E-state index is 9.23. The monoisotopic (exact) mass is 186 g/mol. The highest BCUT2D eigenvalue weighted by Crippen LogP contribution is 2.24. The van der Waals surface area contributed by atoms with Gasteiger partial charge in [-0.1, -0.05) is 0 Å². The van der Waals surface area contributed by atoms with Crippen molar-refractivity contribution in [2.45, 2.75) is 45.4 Å². The molecule has 1 aliphatic heterocycles. The first-order valence-electron chi connectivity index (χ1n) is 5.10. The number of aliphatic hydroxyl groups is 1. The number of rotatable bonds is 1. The van der Waals surface area contributed by atoms with Crippen LogP contribution in [0.4, 0.5) is 0 Å². The van der Waals surface area contributed by atoms with Crippen LogP contribution < -0.4 is 5.73 Å². The van der Waals surface area contributed by atoms with Gasteiger partial charge in [-0.2, -0.15) is 0 Å². The van der Waals surface area contributed by atoms with E-state index in [1.54, 1.807) is 0 Å². The van der Waals surface area contributed by atoms with E-state index >= 15 is 0 Å². The molecule has 1 rings (SSSR count). The largest absolute Gasteiger partial charge is 0.379 e. The highest BCUT2D eigenvalue weighted by Gasteiger charge is 2.28. The van der Waals surface area contributed by atoms with Crippen LogP contribution in [0.15, 0.2) is 0 Å². The molecule has 0 aromatic carbocycles. The Kier molecular flexibility index (Phi) is 3.33. The van der Waals surface area contributed by atoms with Crippen LogP contribution in [-0.4, -0.2) is 34.9 Å². The molecule has 1 saturated heterocycles. The zero-order valence-corrected chi connectivity index (χ0v) is 8.95. The van der Waals surface area contributed by atoms with E-state index in [4.69, 9.17) is 5.73 Å². The number of aliphatic hydroxyl groups excluding tert-OH is 1. The fraction of sp³-hybridized carbons (Fsp3) is 1.00. The Balaban J connectivity index is 2.39. The van der Waals surface area contributed by atoms with E-state index in [-0.39, 0.29) is 5.54 Å². The van der Waals surface area contributed by atoms with Crippen molar-refractivity contribution in [3.8, 4) is 0 Å². The minimum absolute atomic E-state index is 0.254. The quantitative estimate of drug-likeness (QED) is 0.595. The lowest BCUT2D eigenvalue weighted by Gasteiger charge is -2.41. The first-order chi connectivity index (χ1) is 5.91. The second-order valence-corrected chi connectivity index (χ2v) is 4.99. The summed E-state index contributed by atoms with van der Waals surface area (Å²) in [6, 6.07) is 0. The number of likely N-dealkylation sites (tertiary alicyclic amines) is 1. The molecule has 0 aromatic heterocycles. The molecule has 0 saturated carbocycles. The van der Waals surface area contributed by atoms with Gasteiger partial charge < -0.3 is 10.8 Å². The fourth-order valence-electron chi connectivity index (χ4n) is 1.91. The van der Waals surface area contributed by atoms with Crippen LogP contribution in [0, 0.1) is 5.92 Å². The number of nitrogens with zero attached hydrogens (tertiary/aromatic N) is 1. The molecule has 1 aliphatic rings. The molecule has 0 aliphatic carbocycles. The summed E-state index contributed by atoms with van der Waals surface area (Å²) >= 11 is 0. The summed E-state index contributed by atoms with van der Waals surface area (Å²) in [5.74, 6) is 0.304. The molecule has 0 bridgehead atoms. The van der Waals surface area contributed by atoms with Gasteiger partial charge in [0.2, 0.25) is 0 Å². The van der Waals surface area contributed by atoms with Gasteiger partial charge in [-0.15, -0.1) is 0 Å². The minimum Gasteiger partial charge on any atom is -0.379 e. The van der Waals surface area contributed by atoms with Crippen LogP contribution >= 0.6 is 0 Å². The molecule has 3 N–H and O–H groups in total. The van der Waals surface area contributed by atoms with Crippen molar-refractivity contribution >= 4 is 0 Å². The van der Waals surface area contributed by atoms with Gasteiger partial charge in [-0.3, -0.25) is 4.90 Å². The Morgan fingerprint density at radius 2 is 1.77 bits per heavy atom. The van der Waals surface area contributed by atoms with Crippen molar-refractivity contribution in [3.05, 3.63) is 0 Å². The number of nitrogens with two attached hydrogens (primary N) is 1. The van der Waals surface area contributed by atoms with Crippen LogP contribution in [0.25, 0.3) is 0 Å². The predicted molar refractivity (Wildman–Crippen MR) is 54.2 cm³/mol. The normalized spacial score (nSPS) is 24.7. The lowest BCUT2D eigenvalue weighted by Crippen LogP contribution is -2.48. The van der Waals surface area contributed by atoms with E-state index in [9.17, 15) is 5.11 Å². The van der Waals surface area contributed by atoms with Gasteiger partial charge in [0.05, 0.1) is 0 Å². The molecule has 1 atom stereocenters. The van der Waals surface area contributed by atoms with Crippen molar-refractivity contribution in [2.24, 2.45) is 11.7 Å². The Bertz CT molecular complexity index is 155. The molecule has 0 amide bonds. The zero-order valence-electron chi connectivity index (χ0n) is 8.95. The second-order valence-electron chi connectivity index (χ2n) is 4.99. The average Bonchev–Trinajstić information content (AvgIpc) is 2.03. The molecule has 78 valence electrons. The van der Waals surface area contributed by atoms with E-state index in [0.29, 0.717) is 5.92 Å². The predicted octanol–water partition coefficient (Wildman–Crippen LogP) is 0.774. The average molecular weight is 186 g/mol. The first-order valence-corrected chi connectivity index (χ1v) is 5.10. The van der Waals surface area contributed by atoms with Crippen molar-refractivity contribution < 1.29 is 5.11 Å². The van der Waals surface area contributed by atoms with E-state index in [2.05, 4.69) is 25.7 Å². The zero-order chi connectivity index (χ0) is 10.1. The van der Waals surface area contributed by atoms with Crippen molar-refractivity contribution in [1.82, 2.24) is 4.90 Å². The van der Waals surface area contributed by atoms with Gasteiger partial charge in [-0.25, -0.2) is 0 Å². The molecular formula is C10H22N2O. The van der Waals surface area contributed by atoms with Crippen LogP contribution in [0.5, 0.6) is 0 Å². The molecule has 0 aromatic rings. The summed E-state index contributed by atoms with van der Waals surface area (Å²) in [5, 5.41) is 9.23. The fourth-order valence-corrected chi connectivity index (χ4v) is 1.91. The van der Waals surface area contributed by atoms with E-state index in [0.717, 1.165) is 25.9 Å². The molecule has 1 heterocycles. The summed E-state index contributed by atoms with van der Waals surface area (Å²) in [6.45, 7) is 8.80. The molecule has 0 radical (unpaired) electrons. The van der Waals surface area contributed by atoms with Gasteiger partial charge in [0.25, 0.3) is 0 Å². The van der Waals surface area contributed by atoms with E-state index in [1.165, 1.54) is 0 Å². The van der Waals surface area contributed by atoms with Crippen molar-refractivity contribution in [1.29, 1.82) is 0 Å². The summed E-state index contributed by atoms with van der Waals surface area (Å²) < 4.78 is 0. The Labute approximate surface area is 80.9 Å². The third-order valence-electron chi connectivity index (χ3n) is 2.97. The highest BCUT2D eigenvalue weighted by atomic mass is 16.3. The Hall–Kier alpha value is -0.120. The maximum atomic E-state index is 9.23. The van der Waals surface area contributed by atoms with Crippen LogP contribution in [0.2, 0.25) is 0 Å². The SMILES string of the molecule is CC(C)(C)N1CCC(C(N)O)CC1. The summed E-state index contributed by atoms with van der Waals surface area (Å²) in [7, 11) is 0. The molecule has 0 spiro atoms. The van der Waals surface area contributed by atoms with Crippen LogP contribution in [0.3, 0.4) is 0 Å². The van der Waals surface area contributed by atoms with Crippen LogP contribution in [0.1, 0.15) is 33.6 Å². The standard InChI is InChI=1S/C10H22N2O/c1-10(2,3)12-6-4-8(5-7-12)9(11)13/h8-9,13H,4-7,11H2,1-3H3. The van der Waals surface area contributed by atoms with Gasteiger partial charge >= 0.3 is 0 Å². The lowest BCUT2D eigenvalue weighted by atomic mass is 9.92. The second kappa shape index (κ2) is 3.95. The number of piperidine rings is 1. The lowest BCUT2D eigenvalue weighted by molar-refractivity contribution is 0.0314. The first kappa shape index (κ1) is 11.0. The summed E-state index contributed by atoms with van der Waals surface area (Å²) in [5.41, 5.74) is 5.71.